The monoisotopic (exact) mass is 539 g/mol. The number of nitrogens with one attached hydrogen (secondary N) is 2. The molecular weight excluding hydrogens is 512 g/mol. The van der Waals surface area contributed by atoms with Gasteiger partial charge < -0.3 is 20.8 Å². The summed E-state index contributed by atoms with van der Waals surface area (Å²) < 4.78 is 34.4. The van der Waals surface area contributed by atoms with Gasteiger partial charge in [-0.05, 0) is 41.7 Å². The normalized spacial score (nSPS) is 12.4. The average Bonchev–Trinajstić information content (AvgIpc) is 3.47. The summed E-state index contributed by atoms with van der Waals surface area (Å²) in [6.07, 6.45) is 0. The average molecular weight is 540 g/mol. The van der Waals surface area contributed by atoms with Crippen LogP contribution in [0.5, 0.6) is 0 Å². The summed E-state index contributed by atoms with van der Waals surface area (Å²) >= 11 is 0. The van der Waals surface area contributed by atoms with E-state index in [4.69, 9.17) is 10.2 Å². The van der Waals surface area contributed by atoms with Crippen LogP contribution < -0.4 is 16.4 Å². The number of carbonyl (C=O) groups excluding carboxylic acids is 3. The Balaban J connectivity index is 1.60. The molecule has 4 rings (SSSR count). The third-order valence-corrected chi connectivity index (χ3v) is 5.99. The molecule has 4 N–H and O–H groups in total. The van der Waals surface area contributed by atoms with Crippen molar-refractivity contribution in [3.8, 4) is 0 Å². The van der Waals surface area contributed by atoms with Crippen molar-refractivity contribution in [2.24, 2.45) is 11.1 Å². The van der Waals surface area contributed by atoms with Gasteiger partial charge in [-0.25, -0.2) is 8.78 Å². The van der Waals surface area contributed by atoms with Crippen LogP contribution in [-0.2, 0) is 17.9 Å². The van der Waals surface area contributed by atoms with Gasteiger partial charge >= 0.3 is 11.8 Å². The summed E-state index contributed by atoms with van der Waals surface area (Å²) in [5, 5.41) is 17.3. The summed E-state index contributed by atoms with van der Waals surface area (Å²) in [5.74, 6) is -3.40. The molecule has 2 aromatic heterocycles. The number of benzene rings is 2. The van der Waals surface area contributed by atoms with Gasteiger partial charge in [-0.1, -0.05) is 32.9 Å². The maximum atomic E-state index is 14.5. The van der Waals surface area contributed by atoms with Gasteiger partial charge in [-0.2, -0.15) is 5.10 Å². The highest BCUT2D eigenvalue weighted by Crippen LogP contribution is 2.25. The van der Waals surface area contributed by atoms with Crippen molar-refractivity contribution in [3.05, 3.63) is 76.6 Å². The lowest BCUT2D eigenvalue weighted by atomic mass is 9.86. The zero-order valence-electron chi connectivity index (χ0n) is 21.7. The number of amides is 3. The van der Waals surface area contributed by atoms with Gasteiger partial charge in [-0.15, -0.1) is 10.2 Å². The molecule has 2 heterocycles. The maximum absolute atomic E-state index is 14.5. The quantitative estimate of drug-likeness (QED) is 0.310. The smallest absolute Gasteiger partial charge is 0.306 e. The molecule has 0 saturated carbocycles. The van der Waals surface area contributed by atoms with Crippen molar-refractivity contribution in [1.29, 1.82) is 0 Å². The molecule has 13 heteroatoms. The van der Waals surface area contributed by atoms with Crippen molar-refractivity contribution in [1.82, 2.24) is 30.6 Å². The van der Waals surface area contributed by atoms with Crippen molar-refractivity contribution >= 4 is 28.6 Å². The minimum atomic E-state index is -1.03. The van der Waals surface area contributed by atoms with Crippen molar-refractivity contribution in [2.75, 3.05) is 0 Å². The van der Waals surface area contributed by atoms with Crippen molar-refractivity contribution < 1.29 is 27.6 Å². The number of halogens is 2. The zero-order chi connectivity index (χ0) is 28.5. The fourth-order valence-electron chi connectivity index (χ4n) is 3.92. The first kappa shape index (κ1) is 27.4. The molecule has 1 atom stereocenters. The number of hydrogen-bond donors (Lipinski definition) is 3. The minimum absolute atomic E-state index is 0.000243. The van der Waals surface area contributed by atoms with Gasteiger partial charge in [0.25, 0.3) is 5.91 Å². The molecule has 0 radical (unpaired) electrons. The third kappa shape index (κ3) is 6.08. The Hall–Kier alpha value is -4.68. The Bertz CT molecular complexity index is 1560. The highest BCUT2D eigenvalue weighted by molar-refractivity contribution is 6.06. The largest absolute Gasteiger partial charge is 0.415 e. The highest BCUT2D eigenvalue weighted by Gasteiger charge is 2.34. The highest BCUT2D eigenvalue weighted by atomic mass is 19.1. The summed E-state index contributed by atoms with van der Waals surface area (Å²) in [4.78, 5) is 37.7. The van der Waals surface area contributed by atoms with E-state index in [9.17, 15) is 23.2 Å². The fourth-order valence-corrected chi connectivity index (χ4v) is 3.92. The van der Waals surface area contributed by atoms with Gasteiger partial charge in [0.05, 0.1) is 18.6 Å². The summed E-state index contributed by atoms with van der Waals surface area (Å²) in [6, 6.07) is 7.53. The van der Waals surface area contributed by atoms with E-state index in [0.717, 1.165) is 0 Å². The number of carbonyl (C=O) groups is 3. The van der Waals surface area contributed by atoms with E-state index in [0.29, 0.717) is 22.0 Å². The lowest BCUT2D eigenvalue weighted by Crippen LogP contribution is -2.53. The van der Waals surface area contributed by atoms with Crippen LogP contribution in [0.3, 0.4) is 0 Å². The van der Waals surface area contributed by atoms with Crippen LogP contribution in [0.25, 0.3) is 10.9 Å². The number of hydrogen-bond acceptors (Lipinski definition) is 7. The predicted octanol–water partition coefficient (Wildman–Crippen LogP) is 2.61. The molecule has 1 unspecified atom stereocenters. The molecule has 39 heavy (non-hydrogen) atoms. The Morgan fingerprint density at radius 1 is 1.10 bits per heavy atom. The molecule has 0 fully saturated rings. The number of aromatic nitrogens is 4. The molecule has 11 nitrogen and oxygen atoms in total. The van der Waals surface area contributed by atoms with Gasteiger partial charge in [0.1, 0.15) is 17.7 Å². The molecule has 0 aliphatic carbocycles. The second-order valence-corrected chi connectivity index (χ2v) is 10.1. The Morgan fingerprint density at radius 2 is 1.79 bits per heavy atom. The fraction of sp³-hybridized carbons (Fsp3) is 0.308. The molecular formula is C26H27F2N7O4. The van der Waals surface area contributed by atoms with E-state index in [2.05, 4.69) is 25.9 Å². The van der Waals surface area contributed by atoms with Crippen LogP contribution in [0.1, 0.15) is 59.0 Å². The lowest BCUT2D eigenvalue weighted by Gasteiger charge is -2.30. The number of nitrogens with zero attached hydrogens (tertiary/aromatic N) is 4. The number of rotatable bonds is 8. The summed E-state index contributed by atoms with van der Waals surface area (Å²) in [5.41, 5.74) is 5.74. The maximum Gasteiger partial charge on any atom is 0.306 e. The van der Waals surface area contributed by atoms with E-state index in [1.54, 1.807) is 39.8 Å². The SMILES string of the molecule is Cc1cc2c(C(=O)NC(C(=O)NCc3nnc(C(N)=O)o3)C(C)(C)C)nn(Cc3ccc(F)cc3)c2cc1F. The number of primary amides is 1. The molecule has 0 bridgehead atoms. The molecule has 4 aromatic rings. The van der Waals surface area contributed by atoms with Crippen LogP contribution in [0.4, 0.5) is 8.78 Å². The van der Waals surface area contributed by atoms with E-state index in [-0.39, 0.29) is 24.7 Å². The molecule has 2 aromatic carbocycles. The first-order valence-corrected chi connectivity index (χ1v) is 12.0. The topological polar surface area (TPSA) is 158 Å². The van der Waals surface area contributed by atoms with Crippen LogP contribution in [0.2, 0.25) is 0 Å². The first-order chi connectivity index (χ1) is 18.3. The standard InChI is InChI=1S/C26H27F2N7O4/c1-13-9-16-18(10-17(13)28)35(12-14-5-7-15(27)8-6-14)34-20(16)23(37)31-21(26(2,3)4)24(38)30-11-19-32-33-25(39-19)22(29)36/h5-10,21H,11-12H2,1-4H3,(H2,29,36)(H,30,38)(H,31,37). The molecule has 3 amide bonds. The van der Waals surface area contributed by atoms with E-state index in [1.807, 2.05) is 0 Å². The molecule has 0 spiro atoms. The summed E-state index contributed by atoms with van der Waals surface area (Å²) in [7, 11) is 0. The minimum Gasteiger partial charge on any atom is -0.415 e. The van der Waals surface area contributed by atoms with Gasteiger partial charge in [0, 0.05) is 11.5 Å². The third-order valence-electron chi connectivity index (χ3n) is 5.99. The van der Waals surface area contributed by atoms with Crippen LogP contribution >= 0.6 is 0 Å². The van der Waals surface area contributed by atoms with Crippen LogP contribution in [0, 0.1) is 24.0 Å². The number of aryl methyl sites for hydroxylation is 1. The van der Waals surface area contributed by atoms with E-state index in [1.165, 1.54) is 28.9 Å². The summed E-state index contributed by atoms with van der Waals surface area (Å²) in [6.45, 7) is 6.82. The van der Waals surface area contributed by atoms with Crippen molar-refractivity contribution in [3.63, 3.8) is 0 Å². The second-order valence-electron chi connectivity index (χ2n) is 10.1. The van der Waals surface area contributed by atoms with Gasteiger partial charge in [0.15, 0.2) is 5.69 Å². The molecule has 204 valence electrons. The Kier molecular flexibility index (Phi) is 7.43. The van der Waals surface area contributed by atoms with E-state index >= 15 is 0 Å². The number of nitrogens with two attached hydrogens (primary N) is 1. The van der Waals surface area contributed by atoms with Crippen LogP contribution in [-0.4, -0.2) is 43.7 Å². The predicted molar refractivity (Wildman–Crippen MR) is 135 cm³/mol. The van der Waals surface area contributed by atoms with Crippen LogP contribution in [0.15, 0.2) is 40.8 Å². The zero-order valence-corrected chi connectivity index (χ0v) is 21.7. The van der Waals surface area contributed by atoms with E-state index < -0.39 is 46.7 Å². The second kappa shape index (κ2) is 10.6. The molecule has 0 saturated heterocycles. The molecule has 0 aliphatic rings. The Labute approximate surface area is 221 Å². The number of fused-ring (bicyclic) bond motifs is 1. The molecule has 0 aliphatic heterocycles. The van der Waals surface area contributed by atoms with Gasteiger partial charge in [-0.3, -0.25) is 19.1 Å². The van der Waals surface area contributed by atoms with Gasteiger partial charge in [0.2, 0.25) is 11.8 Å². The van der Waals surface area contributed by atoms with Crippen molar-refractivity contribution in [2.45, 2.75) is 46.8 Å². The lowest BCUT2D eigenvalue weighted by molar-refractivity contribution is -0.125. The first-order valence-electron chi connectivity index (χ1n) is 12.0. The Morgan fingerprint density at radius 3 is 2.41 bits per heavy atom.